The first kappa shape index (κ1) is 29.6. The van der Waals surface area contributed by atoms with Crippen molar-refractivity contribution in [2.75, 3.05) is 37.9 Å². The van der Waals surface area contributed by atoms with Gasteiger partial charge in [-0.05, 0) is 56.7 Å². The summed E-state index contributed by atoms with van der Waals surface area (Å²) in [5.74, 6) is -1.13. The largest absolute Gasteiger partial charge is 0.507 e. The molecular formula is C31H30N2O9S. The van der Waals surface area contributed by atoms with Gasteiger partial charge in [0.25, 0.3) is 5.78 Å². The van der Waals surface area contributed by atoms with Crippen molar-refractivity contribution in [3.05, 3.63) is 76.3 Å². The van der Waals surface area contributed by atoms with Crippen LogP contribution in [0, 0.1) is 6.92 Å². The molecule has 0 saturated carbocycles. The van der Waals surface area contributed by atoms with Gasteiger partial charge >= 0.3 is 11.9 Å². The number of carbonyl (C=O) groups excluding carboxylic acids is 3. The molecule has 2 aliphatic heterocycles. The van der Waals surface area contributed by atoms with E-state index in [0.29, 0.717) is 54.1 Å². The molecule has 2 aromatic carbocycles. The number of aromatic nitrogens is 1. The van der Waals surface area contributed by atoms with Crippen molar-refractivity contribution >= 4 is 39.9 Å². The number of rotatable bonds is 10. The smallest absolute Gasteiger partial charge is 0.350 e. The zero-order valence-corrected chi connectivity index (χ0v) is 24.7. The van der Waals surface area contributed by atoms with Crippen LogP contribution < -0.4 is 23.8 Å². The van der Waals surface area contributed by atoms with Gasteiger partial charge in [0.05, 0.1) is 30.5 Å². The summed E-state index contributed by atoms with van der Waals surface area (Å²) in [5, 5.41) is 11.7. The standard InChI is InChI=1S/C31H30N2O9S/c1-5-12-40-20-10-8-18(15-22(20)38-6-2)25-24(26(34)19-9-11-21-23(16-19)42-14-13-41-21)27(35)29(36)33(25)31-32-17(4)28(43-31)30(37)39-7-3/h5,8-11,15-16,25,34H,1,6-7,12-14H2,2-4H3/t25-/m1/s1. The molecule has 1 fully saturated rings. The lowest BCUT2D eigenvalue weighted by Crippen LogP contribution is -2.29. The highest BCUT2D eigenvalue weighted by Crippen LogP contribution is 2.46. The van der Waals surface area contributed by atoms with E-state index in [-0.39, 0.29) is 34.4 Å². The predicted octanol–water partition coefficient (Wildman–Crippen LogP) is 4.99. The number of nitrogens with zero attached hydrogens (tertiary/aromatic N) is 2. The van der Waals surface area contributed by atoms with E-state index >= 15 is 0 Å². The molecule has 43 heavy (non-hydrogen) atoms. The van der Waals surface area contributed by atoms with E-state index in [2.05, 4.69) is 11.6 Å². The number of carbonyl (C=O) groups is 3. The summed E-state index contributed by atoms with van der Waals surface area (Å²) in [5.41, 5.74) is 0.868. The minimum Gasteiger partial charge on any atom is -0.507 e. The highest BCUT2D eigenvalue weighted by Gasteiger charge is 2.48. The van der Waals surface area contributed by atoms with Gasteiger partial charge < -0.3 is 28.8 Å². The molecule has 0 spiro atoms. The molecule has 3 heterocycles. The van der Waals surface area contributed by atoms with Crippen molar-refractivity contribution in [2.45, 2.75) is 26.8 Å². The molecule has 1 N–H and O–H groups in total. The van der Waals surface area contributed by atoms with Crippen LogP contribution in [0.1, 0.15) is 46.4 Å². The average molecular weight is 607 g/mol. The van der Waals surface area contributed by atoms with Crippen molar-refractivity contribution in [2.24, 2.45) is 0 Å². The number of benzene rings is 2. The van der Waals surface area contributed by atoms with Crippen LogP contribution in [0.25, 0.3) is 5.76 Å². The van der Waals surface area contributed by atoms with Crippen molar-refractivity contribution in [1.82, 2.24) is 4.98 Å². The first-order valence-electron chi connectivity index (χ1n) is 13.6. The number of Topliss-reactive ketones (excluding diaryl/α,β-unsaturated/α-hetero) is 1. The number of esters is 1. The summed E-state index contributed by atoms with van der Waals surface area (Å²) in [7, 11) is 0. The van der Waals surface area contributed by atoms with Crippen LogP contribution in [0.5, 0.6) is 23.0 Å². The summed E-state index contributed by atoms with van der Waals surface area (Å²) < 4.78 is 28.0. The third-order valence-corrected chi connectivity index (χ3v) is 7.79. The van der Waals surface area contributed by atoms with E-state index in [9.17, 15) is 19.5 Å². The van der Waals surface area contributed by atoms with Crippen molar-refractivity contribution < 1.29 is 43.2 Å². The minimum absolute atomic E-state index is 0.0961. The van der Waals surface area contributed by atoms with E-state index in [1.807, 2.05) is 6.92 Å². The fraction of sp³-hybridized carbons (Fsp3) is 0.290. The normalized spacial score (nSPS) is 17.1. The molecule has 1 amide bonds. The van der Waals surface area contributed by atoms with Gasteiger partial charge in [0.1, 0.15) is 30.5 Å². The molecule has 1 atom stereocenters. The van der Waals surface area contributed by atoms with E-state index < -0.39 is 29.5 Å². The Balaban J connectivity index is 1.69. The molecule has 2 aliphatic rings. The Morgan fingerprint density at radius 2 is 1.86 bits per heavy atom. The number of ether oxygens (including phenoxy) is 5. The number of thiazole rings is 1. The lowest BCUT2D eigenvalue weighted by molar-refractivity contribution is -0.132. The van der Waals surface area contributed by atoms with E-state index in [0.717, 1.165) is 11.3 Å². The maximum absolute atomic E-state index is 13.7. The van der Waals surface area contributed by atoms with Crippen LogP contribution in [0.2, 0.25) is 0 Å². The zero-order valence-electron chi connectivity index (χ0n) is 23.9. The maximum atomic E-state index is 13.7. The fourth-order valence-corrected chi connectivity index (χ4v) is 5.78. The molecule has 5 rings (SSSR count). The molecular weight excluding hydrogens is 576 g/mol. The first-order chi connectivity index (χ1) is 20.8. The SMILES string of the molecule is C=CCOc1ccc([C@@H]2C(=C(O)c3ccc4c(c3)OCCO4)C(=O)C(=O)N2c2nc(C)c(C(=O)OCC)s2)cc1OCC. The Kier molecular flexibility index (Phi) is 8.67. The third kappa shape index (κ3) is 5.65. The van der Waals surface area contributed by atoms with E-state index in [1.54, 1.807) is 56.3 Å². The third-order valence-electron chi connectivity index (χ3n) is 6.65. The Morgan fingerprint density at radius 1 is 1.09 bits per heavy atom. The highest BCUT2D eigenvalue weighted by atomic mass is 32.1. The van der Waals surface area contributed by atoms with E-state index in [4.69, 9.17) is 23.7 Å². The van der Waals surface area contributed by atoms with Gasteiger partial charge in [-0.15, -0.1) is 0 Å². The van der Waals surface area contributed by atoms with Crippen molar-refractivity contribution in [3.8, 4) is 23.0 Å². The molecule has 11 nitrogen and oxygen atoms in total. The van der Waals surface area contributed by atoms with Gasteiger partial charge in [-0.1, -0.05) is 30.1 Å². The van der Waals surface area contributed by atoms with Gasteiger partial charge in [0, 0.05) is 5.56 Å². The van der Waals surface area contributed by atoms with Gasteiger partial charge in [0.2, 0.25) is 0 Å². The van der Waals surface area contributed by atoms with Gasteiger partial charge in [-0.25, -0.2) is 9.78 Å². The van der Waals surface area contributed by atoms with Crippen LogP contribution >= 0.6 is 11.3 Å². The summed E-state index contributed by atoms with van der Waals surface area (Å²) in [6, 6.07) is 8.62. The van der Waals surface area contributed by atoms with Crippen LogP contribution in [-0.4, -0.2) is 60.8 Å². The van der Waals surface area contributed by atoms with Gasteiger partial charge in [0.15, 0.2) is 28.1 Å². The Hall–Kier alpha value is -4.84. The fourth-order valence-electron chi connectivity index (χ4n) is 4.79. The van der Waals surface area contributed by atoms with Crippen LogP contribution in [0.4, 0.5) is 5.13 Å². The van der Waals surface area contributed by atoms with Crippen LogP contribution in [-0.2, 0) is 14.3 Å². The summed E-state index contributed by atoms with van der Waals surface area (Å²) in [4.78, 5) is 45.8. The molecule has 0 aliphatic carbocycles. The number of aryl methyl sites for hydroxylation is 1. The number of hydrogen-bond donors (Lipinski definition) is 1. The summed E-state index contributed by atoms with van der Waals surface area (Å²) in [6.07, 6.45) is 1.60. The van der Waals surface area contributed by atoms with Crippen LogP contribution in [0.15, 0.2) is 54.6 Å². The van der Waals surface area contributed by atoms with Gasteiger partial charge in [-0.2, -0.15) is 0 Å². The lowest BCUT2D eigenvalue weighted by atomic mass is 9.95. The summed E-state index contributed by atoms with van der Waals surface area (Å²) >= 11 is 0.925. The number of hydrogen-bond acceptors (Lipinski definition) is 11. The van der Waals surface area contributed by atoms with Crippen molar-refractivity contribution in [3.63, 3.8) is 0 Å². The zero-order chi connectivity index (χ0) is 30.7. The Morgan fingerprint density at radius 3 is 2.58 bits per heavy atom. The maximum Gasteiger partial charge on any atom is 0.350 e. The number of anilines is 1. The van der Waals surface area contributed by atoms with Crippen LogP contribution in [0.3, 0.4) is 0 Å². The second-order valence-electron chi connectivity index (χ2n) is 9.40. The number of aliphatic hydroxyl groups excluding tert-OH is 1. The number of ketones is 1. The van der Waals surface area contributed by atoms with Gasteiger partial charge in [-0.3, -0.25) is 14.5 Å². The predicted molar refractivity (Wildman–Crippen MR) is 158 cm³/mol. The first-order valence-corrected chi connectivity index (χ1v) is 14.5. The minimum atomic E-state index is -1.12. The highest BCUT2D eigenvalue weighted by molar-refractivity contribution is 7.17. The Bertz CT molecular complexity index is 1630. The molecule has 12 heteroatoms. The second-order valence-corrected chi connectivity index (χ2v) is 10.4. The molecule has 0 radical (unpaired) electrons. The lowest BCUT2D eigenvalue weighted by Gasteiger charge is -2.24. The molecule has 0 unspecified atom stereocenters. The second kappa shape index (κ2) is 12.6. The average Bonchev–Trinajstić information content (AvgIpc) is 3.52. The molecule has 3 aromatic rings. The molecule has 1 aromatic heterocycles. The topological polar surface area (TPSA) is 134 Å². The summed E-state index contributed by atoms with van der Waals surface area (Å²) in [6.45, 7) is 10.2. The molecule has 0 bridgehead atoms. The quantitative estimate of drug-likeness (QED) is 0.111. The Labute approximate surface area is 251 Å². The monoisotopic (exact) mass is 606 g/mol. The number of fused-ring (bicyclic) bond motifs is 1. The number of aliphatic hydroxyl groups is 1. The molecule has 224 valence electrons. The molecule has 1 saturated heterocycles. The number of amides is 1. The van der Waals surface area contributed by atoms with Crippen molar-refractivity contribution in [1.29, 1.82) is 0 Å². The van der Waals surface area contributed by atoms with E-state index in [1.165, 1.54) is 4.90 Å².